The number of aromatic amines is 1. The molecule has 1 aromatic carbocycles. The van der Waals surface area contributed by atoms with E-state index in [2.05, 4.69) is 4.98 Å². The van der Waals surface area contributed by atoms with Crippen LogP contribution in [0.1, 0.15) is 12.0 Å². The second-order valence-corrected chi connectivity index (χ2v) is 4.45. The van der Waals surface area contributed by atoms with Gasteiger partial charge < -0.3 is 10.7 Å². The van der Waals surface area contributed by atoms with Crippen LogP contribution in [0.3, 0.4) is 0 Å². The minimum Gasteiger partial charge on any atom is -0.361 e. The molecule has 0 saturated heterocycles. The molecule has 84 valence electrons. The predicted molar refractivity (Wildman–Crippen MR) is 58.6 cm³/mol. The lowest BCUT2D eigenvalue weighted by atomic mass is 9.94. The quantitative estimate of drug-likeness (QED) is 0.805. The van der Waals surface area contributed by atoms with Crippen LogP contribution in [0.15, 0.2) is 30.5 Å². The van der Waals surface area contributed by atoms with Crippen LogP contribution >= 0.6 is 0 Å². The first-order valence-corrected chi connectivity index (χ1v) is 5.25. The first-order chi connectivity index (χ1) is 7.59. The topological polar surface area (TPSA) is 41.8 Å². The summed E-state index contributed by atoms with van der Waals surface area (Å²) < 4.78 is 26.8. The second kappa shape index (κ2) is 2.83. The summed E-state index contributed by atoms with van der Waals surface area (Å²) in [5.74, 6) is -2.65. The monoisotopic (exact) mass is 222 g/mol. The zero-order chi connectivity index (χ0) is 11.4. The minimum atomic E-state index is -2.65. The highest BCUT2D eigenvalue weighted by Crippen LogP contribution is 2.61. The van der Waals surface area contributed by atoms with Gasteiger partial charge in [0.15, 0.2) is 0 Å². The van der Waals surface area contributed by atoms with Crippen LogP contribution in [-0.4, -0.2) is 17.5 Å². The van der Waals surface area contributed by atoms with Gasteiger partial charge in [-0.2, -0.15) is 0 Å². The van der Waals surface area contributed by atoms with E-state index >= 15 is 0 Å². The molecule has 1 aliphatic carbocycles. The summed E-state index contributed by atoms with van der Waals surface area (Å²) in [4.78, 5) is 3.04. The molecule has 1 aliphatic rings. The molecule has 1 unspecified atom stereocenters. The molecule has 16 heavy (non-hydrogen) atoms. The van der Waals surface area contributed by atoms with Crippen molar-refractivity contribution >= 4 is 10.9 Å². The maximum absolute atomic E-state index is 13.4. The van der Waals surface area contributed by atoms with Crippen molar-refractivity contribution in [2.24, 2.45) is 5.73 Å². The lowest BCUT2D eigenvalue weighted by molar-refractivity contribution is 0.0896. The Kier molecular flexibility index (Phi) is 1.73. The molecule has 1 atom stereocenters. The molecular formula is C12H12F2N2. The lowest BCUT2D eigenvalue weighted by Gasteiger charge is -2.14. The molecule has 1 aromatic heterocycles. The Bertz CT molecular complexity index is 547. The van der Waals surface area contributed by atoms with Crippen molar-refractivity contribution in [3.8, 4) is 0 Å². The summed E-state index contributed by atoms with van der Waals surface area (Å²) in [7, 11) is 0. The van der Waals surface area contributed by atoms with Gasteiger partial charge in [0, 0.05) is 24.7 Å². The zero-order valence-corrected chi connectivity index (χ0v) is 8.63. The third-order valence-electron chi connectivity index (χ3n) is 3.55. The van der Waals surface area contributed by atoms with E-state index in [9.17, 15) is 8.78 Å². The Morgan fingerprint density at radius 1 is 1.31 bits per heavy atom. The van der Waals surface area contributed by atoms with E-state index in [4.69, 9.17) is 5.73 Å². The summed E-state index contributed by atoms with van der Waals surface area (Å²) in [6.45, 7) is -0.00404. The number of benzene rings is 1. The number of H-pyrrole nitrogens is 1. The van der Waals surface area contributed by atoms with Gasteiger partial charge in [0.25, 0.3) is 5.92 Å². The summed E-state index contributed by atoms with van der Waals surface area (Å²) in [6.07, 6.45) is 1.67. The molecular weight excluding hydrogens is 210 g/mol. The standard InChI is InChI=1S/C12H12F2N2/c13-12(14)6-11(12,7-15)9-1-2-10-8(5-9)3-4-16-10/h1-5,16H,6-7,15H2. The highest BCUT2D eigenvalue weighted by molar-refractivity contribution is 5.80. The van der Waals surface area contributed by atoms with Gasteiger partial charge in [-0.3, -0.25) is 0 Å². The molecule has 1 fully saturated rings. The summed E-state index contributed by atoms with van der Waals surface area (Å²) in [5.41, 5.74) is 5.99. The van der Waals surface area contributed by atoms with Gasteiger partial charge in [-0.05, 0) is 29.1 Å². The average molecular weight is 222 g/mol. The summed E-state index contributed by atoms with van der Waals surface area (Å²) in [5, 5.41) is 0.952. The summed E-state index contributed by atoms with van der Waals surface area (Å²) >= 11 is 0. The van der Waals surface area contributed by atoms with Crippen LogP contribution in [0.5, 0.6) is 0 Å². The number of nitrogens with one attached hydrogen (secondary N) is 1. The normalized spacial score (nSPS) is 27.2. The Morgan fingerprint density at radius 2 is 2.06 bits per heavy atom. The molecule has 0 radical (unpaired) electrons. The smallest absolute Gasteiger partial charge is 0.260 e. The van der Waals surface area contributed by atoms with Crippen LogP contribution in [0.25, 0.3) is 10.9 Å². The molecule has 1 saturated carbocycles. The van der Waals surface area contributed by atoms with Gasteiger partial charge in [-0.15, -0.1) is 0 Å². The molecule has 0 spiro atoms. The first-order valence-electron chi connectivity index (χ1n) is 5.25. The van der Waals surface area contributed by atoms with Gasteiger partial charge >= 0.3 is 0 Å². The average Bonchev–Trinajstić information content (AvgIpc) is 2.63. The Balaban J connectivity index is 2.12. The largest absolute Gasteiger partial charge is 0.361 e. The van der Waals surface area contributed by atoms with Crippen LogP contribution in [0.4, 0.5) is 8.78 Å². The number of nitrogens with two attached hydrogens (primary N) is 1. The van der Waals surface area contributed by atoms with Gasteiger partial charge in [0.2, 0.25) is 0 Å². The number of alkyl halides is 2. The second-order valence-electron chi connectivity index (χ2n) is 4.45. The van der Waals surface area contributed by atoms with Gasteiger partial charge in [-0.25, -0.2) is 8.78 Å². The van der Waals surface area contributed by atoms with Gasteiger partial charge in [-0.1, -0.05) is 6.07 Å². The SMILES string of the molecule is NCC1(c2ccc3[nH]ccc3c2)CC1(F)F. The third-order valence-corrected chi connectivity index (χ3v) is 3.55. The fourth-order valence-corrected chi connectivity index (χ4v) is 2.34. The van der Waals surface area contributed by atoms with Gasteiger partial charge in [0.1, 0.15) is 0 Å². The fourth-order valence-electron chi connectivity index (χ4n) is 2.34. The fraction of sp³-hybridized carbons (Fsp3) is 0.333. The summed E-state index contributed by atoms with van der Waals surface area (Å²) in [6, 6.07) is 7.26. The van der Waals surface area contributed by atoms with Crippen LogP contribution in [0.2, 0.25) is 0 Å². The molecule has 4 heteroatoms. The van der Waals surface area contributed by atoms with E-state index in [-0.39, 0.29) is 13.0 Å². The number of hydrogen-bond donors (Lipinski definition) is 2. The molecule has 3 N–H and O–H groups in total. The van der Waals surface area contributed by atoms with Crippen molar-refractivity contribution in [2.45, 2.75) is 17.8 Å². The van der Waals surface area contributed by atoms with Crippen molar-refractivity contribution in [1.82, 2.24) is 4.98 Å². The van der Waals surface area contributed by atoms with Crippen LogP contribution in [0, 0.1) is 0 Å². The number of aromatic nitrogens is 1. The number of rotatable bonds is 2. The van der Waals surface area contributed by atoms with Crippen molar-refractivity contribution in [3.05, 3.63) is 36.0 Å². The van der Waals surface area contributed by atoms with Crippen molar-refractivity contribution in [2.75, 3.05) is 6.54 Å². The van der Waals surface area contributed by atoms with E-state index in [1.165, 1.54) is 0 Å². The Hall–Kier alpha value is -1.42. The molecule has 2 aromatic rings. The number of fused-ring (bicyclic) bond motifs is 1. The van der Waals surface area contributed by atoms with E-state index in [0.717, 1.165) is 10.9 Å². The van der Waals surface area contributed by atoms with Crippen molar-refractivity contribution in [1.29, 1.82) is 0 Å². The third kappa shape index (κ3) is 1.08. The van der Waals surface area contributed by atoms with E-state index < -0.39 is 11.3 Å². The number of halogens is 2. The molecule has 2 nitrogen and oxygen atoms in total. The molecule has 1 heterocycles. The molecule has 0 bridgehead atoms. The van der Waals surface area contributed by atoms with Crippen molar-refractivity contribution < 1.29 is 8.78 Å². The van der Waals surface area contributed by atoms with E-state index in [0.29, 0.717) is 5.56 Å². The Labute approximate surface area is 91.4 Å². The van der Waals surface area contributed by atoms with E-state index in [1.807, 2.05) is 12.1 Å². The van der Waals surface area contributed by atoms with E-state index in [1.54, 1.807) is 18.3 Å². The van der Waals surface area contributed by atoms with Crippen LogP contribution < -0.4 is 5.73 Å². The lowest BCUT2D eigenvalue weighted by Crippen LogP contribution is -2.26. The minimum absolute atomic E-state index is 0.00404. The highest BCUT2D eigenvalue weighted by atomic mass is 19.3. The van der Waals surface area contributed by atoms with Crippen molar-refractivity contribution in [3.63, 3.8) is 0 Å². The molecule has 0 aliphatic heterocycles. The highest BCUT2D eigenvalue weighted by Gasteiger charge is 2.71. The first kappa shape index (κ1) is 9.78. The zero-order valence-electron chi connectivity index (χ0n) is 8.63. The maximum atomic E-state index is 13.4. The van der Waals surface area contributed by atoms with Gasteiger partial charge in [0.05, 0.1) is 5.41 Å². The molecule has 3 rings (SSSR count). The molecule has 0 amide bonds. The number of hydrogen-bond acceptors (Lipinski definition) is 1. The van der Waals surface area contributed by atoms with Crippen LogP contribution in [-0.2, 0) is 5.41 Å². The maximum Gasteiger partial charge on any atom is 0.260 e. The Morgan fingerprint density at radius 3 is 2.69 bits per heavy atom. The predicted octanol–water partition coefficient (Wildman–Crippen LogP) is 2.40.